The van der Waals surface area contributed by atoms with E-state index in [1.165, 1.54) is 11.1 Å². The quantitative estimate of drug-likeness (QED) is 0.748. The van der Waals surface area contributed by atoms with E-state index < -0.39 is 0 Å². The van der Waals surface area contributed by atoms with E-state index in [2.05, 4.69) is 18.3 Å². The molecule has 1 aromatic heterocycles. The molecular weight excluding hydrogens is 262 g/mol. The molecule has 0 fully saturated rings. The highest BCUT2D eigenvalue weighted by atomic mass is 16.5. The van der Waals surface area contributed by atoms with Crippen molar-refractivity contribution < 1.29 is 14.4 Å². The second-order valence-electron chi connectivity index (χ2n) is 5.22. The summed E-state index contributed by atoms with van der Waals surface area (Å²) in [6, 6.07) is 14.0. The van der Waals surface area contributed by atoms with Crippen LogP contribution in [0.2, 0.25) is 0 Å². The summed E-state index contributed by atoms with van der Waals surface area (Å²) >= 11 is 0. The van der Waals surface area contributed by atoms with E-state index in [4.69, 9.17) is 4.74 Å². The lowest BCUT2D eigenvalue weighted by atomic mass is 10.0. The molecule has 21 heavy (non-hydrogen) atoms. The van der Waals surface area contributed by atoms with Crippen LogP contribution in [0.15, 0.2) is 54.9 Å². The normalized spacial score (nSPS) is 10.8. The largest absolute Gasteiger partial charge is 0.504 e. The van der Waals surface area contributed by atoms with Crippen LogP contribution in [0.5, 0.6) is 11.5 Å². The number of hydrogen-bond acceptors (Lipinski definition) is 2. The molecule has 0 aliphatic carbocycles. The van der Waals surface area contributed by atoms with E-state index in [1.54, 1.807) is 13.2 Å². The number of benzene rings is 2. The van der Waals surface area contributed by atoms with Crippen LogP contribution in [0.3, 0.4) is 0 Å². The van der Waals surface area contributed by atoms with Gasteiger partial charge < -0.3 is 9.84 Å². The summed E-state index contributed by atoms with van der Waals surface area (Å²) in [5, 5.41) is 12.1. The van der Waals surface area contributed by atoms with Gasteiger partial charge in [0.25, 0.3) is 0 Å². The molecule has 0 unspecified atom stereocenters. The lowest BCUT2D eigenvalue weighted by Gasteiger charge is -2.09. The predicted molar refractivity (Wildman–Crippen MR) is 82.6 cm³/mol. The van der Waals surface area contributed by atoms with Crippen LogP contribution < -0.4 is 9.30 Å². The van der Waals surface area contributed by atoms with Crippen molar-refractivity contribution in [1.82, 2.24) is 0 Å². The fraction of sp³-hybridized carbons (Fsp3) is 0.167. The summed E-state index contributed by atoms with van der Waals surface area (Å²) in [6.45, 7) is 0. The Hall–Kier alpha value is -2.55. The average Bonchev–Trinajstić information content (AvgIpc) is 2.48. The van der Waals surface area contributed by atoms with Gasteiger partial charge in [0.15, 0.2) is 23.9 Å². The first-order valence-electron chi connectivity index (χ1n) is 6.90. The molecule has 0 aliphatic rings. The van der Waals surface area contributed by atoms with Crippen LogP contribution in [0.1, 0.15) is 11.1 Å². The lowest BCUT2D eigenvalue weighted by molar-refractivity contribution is -0.670. The molecule has 3 nitrogen and oxygen atoms in total. The first-order chi connectivity index (χ1) is 10.2. The third-order valence-corrected chi connectivity index (χ3v) is 3.64. The highest BCUT2D eigenvalue weighted by Crippen LogP contribution is 2.32. The second kappa shape index (κ2) is 5.44. The monoisotopic (exact) mass is 280 g/mol. The van der Waals surface area contributed by atoms with Crippen molar-refractivity contribution in [2.45, 2.75) is 6.42 Å². The lowest BCUT2D eigenvalue weighted by Crippen LogP contribution is -2.27. The molecule has 3 rings (SSSR count). The number of rotatable bonds is 3. The molecule has 0 aliphatic heterocycles. The summed E-state index contributed by atoms with van der Waals surface area (Å²) in [6.07, 6.45) is 4.96. The zero-order chi connectivity index (χ0) is 14.8. The Morgan fingerprint density at radius 3 is 2.57 bits per heavy atom. The number of aromatic nitrogens is 1. The van der Waals surface area contributed by atoms with E-state index in [1.807, 2.05) is 42.1 Å². The molecule has 1 N–H and O–H groups in total. The van der Waals surface area contributed by atoms with Crippen LogP contribution >= 0.6 is 0 Å². The number of pyridine rings is 1. The van der Waals surface area contributed by atoms with E-state index in [0.29, 0.717) is 5.75 Å². The molecular formula is C18H18NO2+. The Labute approximate surface area is 124 Å². The van der Waals surface area contributed by atoms with E-state index in [0.717, 1.165) is 17.2 Å². The number of aromatic hydroxyl groups is 1. The predicted octanol–water partition coefficient (Wildman–Crippen LogP) is 2.97. The van der Waals surface area contributed by atoms with Gasteiger partial charge in [-0.25, -0.2) is 4.57 Å². The minimum atomic E-state index is 0.174. The van der Waals surface area contributed by atoms with Gasteiger partial charge in [-0.2, -0.15) is 0 Å². The van der Waals surface area contributed by atoms with Crippen molar-refractivity contribution in [1.29, 1.82) is 0 Å². The van der Waals surface area contributed by atoms with Crippen LogP contribution in [0, 0.1) is 0 Å². The van der Waals surface area contributed by atoms with Gasteiger partial charge in [-0.05, 0) is 17.7 Å². The minimum Gasteiger partial charge on any atom is -0.504 e. The zero-order valence-corrected chi connectivity index (χ0v) is 12.2. The van der Waals surface area contributed by atoms with Gasteiger partial charge in [-0.15, -0.1) is 0 Å². The Bertz CT molecular complexity index is 782. The van der Waals surface area contributed by atoms with E-state index in [-0.39, 0.29) is 5.75 Å². The van der Waals surface area contributed by atoms with Crippen molar-refractivity contribution in [2.75, 3.05) is 7.11 Å². The molecule has 2 aromatic carbocycles. The highest BCUT2D eigenvalue weighted by molar-refractivity contribution is 5.87. The number of methoxy groups -OCH3 is 1. The van der Waals surface area contributed by atoms with Crippen LogP contribution in [-0.2, 0) is 13.5 Å². The van der Waals surface area contributed by atoms with Crippen molar-refractivity contribution >= 4 is 10.8 Å². The van der Waals surface area contributed by atoms with E-state index >= 15 is 0 Å². The number of fused-ring (bicyclic) bond motifs is 1. The average molecular weight is 280 g/mol. The third-order valence-electron chi connectivity index (χ3n) is 3.64. The van der Waals surface area contributed by atoms with Gasteiger partial charge in [-0.1, -0.05) is 30.3 Å². The van der Waals surface area contributed by atoms with Crippen LogP contribution in [0.4, 0.5) is 0 Å². The van der Waals surface area contributed by atoms with E-state index in [9.17, 15) is 5.11 Å². The van der Waals surface area contributed by atoms with Gasteiger partial charge in [-0.3, -0.25) is 0 Å². The fourth-order valence-electron chi connectivity index (χ4n) is 2.66. The SMILES string of the molecule is COc1cc2c[n+](C)cc(Cc3ccccc3)c2cc1O. The first kappa shape index (κ1) is 13.4. The summed E-state index contributed by atoms with van der Waals surface area (Å²) in [7, 11) is 3.57. The molecule has 0 saturated heterocycles. The second-order valence-corrected chi connectivity index (χ2v) is 5.22. The standard InChI is InChI=1S/C18H17NO2/c1-19-11-14(8-13-6-4-3-5-7-13)16-10-17(20)18(21-2)9-15(16)12-19/h3-7,9-12H,8H2,1-2H3/p+1. The summed E-state index contributed by atoms with van der Waals surface area (Å²) in [4.78, 5) is 0. The van der Waals surface area contributed by atoms with Crippen molar-refractivity contribution in [3.8, 4) is 11.5 Å². The molecule has 0 radical (unpaired) electrons. The molecule has 3 heteroatoms. The molecule has 0 saturated carbocycles. The minimum absolute atomic E-state index is 0.174. The maximum absolute atomic E-state index is 10.0. The van der Waals surface area contributed by atoms with Crippen LogP contribution in [0.25, 0.3) is 10.8 Å². The summed E-state index contributed by atoms with van der Waals surface area (Å²) in [5.74, 6) is 0.674. The Morgan fingerprint density at radius 2 is 1.86 bits per heavy atom. The third kappa shape index (κ3) is 2.68. The topological polar surface area (TPSA) is 33.3 Å². The molecule has 0 amide bonds. The smallest absolute Gasteiger partial charge is 0.176 e. The van der Waals surface area contributed by atoms with Gasteiger partial charge >= 0.3 is 0 Å². The van der Waals surface area contributed by atoms with Crippen molar-refractivity contribution in [3.05, 3.63) is 66.0 Å². The van der Waals surface area contributed by atoms with Crippen molar-refractivity contribution in [3.63, 3.8) is 0 Å². The Balaban J connectivity index is 2.15. The molecule has 106 valence electrons. The number of nitrogens with zero attached hydrogens (tertiary/aromatic N) is 1. The molecule has 0 bridgehead atoms. The Kier molecular flexibility index (Phi) is 3.48. The number of phenols is 1. The first-order valence-corrected chi connectivity index (χ1v) is 6.90. The number of phenolic OH excluding ortho intramolecular Hbond substituents is 1. The zero-order valence-electron chi connectivity index (χ0n) is 12.2. The fourth-order valence-corrected chi connectivity index (χ4v) is 2.66. The molecule has 0 spiro atoms. The Morgan fingerprint density at radius 1 is 1.10 bits per heavy atom. The number of aryl methyl sites for hydroxylation is 1. The molecule has 1 heterocycles. The highest BCUT2D eigenvalue weighted by Gasteiger charge is 2.12. The summed E-state index contributed by atoms with van der Waals surface area (Å²) in [5.41, 5.74) is 2.43. The van der Waals surface area contributed by atoms with Crippen molar-refractivity contribution in [2.24, 2.45) is 7.05 Å². The maximum atomic E-state index is 10.0. The van der Waals surface area contributed by atoms with Crippen LogP contribution in [-0.4, -0.2) is 12.2 Å². The number of hydrogen-bond donors (Lipinski definition) is 1. The molecule has 3 aromatic rings. The van der Waals surface area contributed by atoms with Gasteiger partial charge in [0.1, 0.15) is 7.05 Å². The van der Waals surface area contributed by atoms with Gasteiger partial charge in [0.2, 0.25) is 0 Å². The maximum Gasteiger partial charge on any atom is 0.176 e. The number of ether oxygens (including phenoxy) is 1. The van der Waals surface area contributed by atoms with Gasteiger partial charge in [0, 0.05) is 22.8 Å². The summed E-state index contributed by atoms with van der Waals surface area (Å²) < 4.78 is 7.23. The molecule has 0 atom stereocenters. The van der Waals surface area contributed by atoms with Gasteiger partial charge in [0.05, 0.1) is 7.11 Å².